The van der Waals surface area contributed by atoms with Gasteiger partial charge < -0.3 is 9.47 Å². The Kier molecular flexibility index (Phi) is 3.97. The first-order chi connectivity index (χ1) is 11.1. The highest BCUT2D eigenvalue weighted by molar-refractivity contribution is 5.98. The molecule has 1 atom stereocenters. The van der Waals surface area contributed by atoms with Gasteiger partial charge in [-0.3, -0.25) is 14.5 Å². The molecule has 1 unspecified atom stereocenters. The molecule has 2 aromatic rings. The summed E-state index contributed by atoms with van der Waals surface area (Å²) in [5, 5.41) is 0. The van der Waals surface area contributed by atoms with Crippen LogP contribution in [0.5, 0.6) is 11.5 Å². The Balaban J connectivity index is 1.96. The fourth-order valence-electron chi connectivity index (χ4n) is 2.45. The van der Waals surface area contributed by atoms with E-state index in [-0.39, 0.29) is 12.5 Å². The maximum atomic E-state index is 12.5. The number of para-hydroxylation sites is 1. The van der Waals surface area contributed by atoms with E-state index in [1.54, 1.807) is 42.3 Å². The van der Waals surface area contributed by atoms with Gasteiger partial charge in [-0.1, -0.05) is 18.2 Å². The molecule has 1 aromatic carbocycles. The largest absolute Gasteiger partial charge is 0.477 e. The summed E-state index contributed by atoms with van der Waals surface area (Å²) in [6, 6.07) is 10.6. The summed E-state index contributed by atoms with van der Waals surface area (Å²) in [6.07, 6.45) is 1.02. The van der Waals surface area contributed by atoms with Crippen molar-refractivity contribution in [1.82, 2.24) is 4.98 Å². The summed E-state index contributed by atoms with van der Waals surface area (Å²) in [6.45, 7) is 3.29. The van der Waals surface area contributed by atoms with E-state index >= 15 is 0 Å². The molecule has 0 aliphatic carbocycles. The number of pyridine rings is 1. The monoisotopic (exact) mass is 312 g/mol. The number of nitrogens with zero attached hydrogens (tertiary/aromatic N) is 2. The summed E-state index contributed by atoms with van der Waals surface area (Å²) < 4.78 is 10.8. The van der Waals surface area contributed by atoms with Gasteiger partial charge in [0.05, 0.1) is 6.54 Å². The summed E-state index contributed by atoms with van der Waals surface area (Å²) in [5.41, 5.74) is 0.724. The van der Waals surface area contributed by atoms with Gasteiger partial charge in [0.1, 0.15) is 5.75 Å². The van der Waals surface area contributed by atoms with E-state index in [9.17, 15) is 9.59 Å². The van der Waals surface area contributed by atoms with Gasteiger partial charge in [-0.05, 0) is 25.1 Å². The molecule has 1 amide bonds. The predicted molar refractivity (Wildman–Crippen MR) is 83.3 cm³/mol. The zero-order chi connectivity index (χ0) is 16.4. The van der Waals surface area contributed by atoms with Crippen LogP contribution in [0.1, 0.15) is 19.4 Å². The minimum absolute atomic E-state index is 0.186. The molecule has 0 spiro atoms. The van der Waals surface area contributed by atoms with Crippen LogP contribution in [-0.4, -0.2) is 23.0 Å². The molecule has 0 radical (unpaired) electrons. The van der Waals surface area contributed by atoms with Gasteiger partial charge >= 0.3 is 5.97 Å². The Morgan fingerprint density at radius 2 is 2.09 bits per heavy atom. The molecule has 0 N–H and O–H groups in total. The molecule has 0 saturated carbocycles. The molecule has 1 aliphatic rings. The van der Waals surface area contributed by atoms with E-state index in [4.69, 9.17) is 9.47 Å². The molecule has 6 heteroatoms. The predicted octanol–water partition coefficient (Wildman–Crippen LogP) is 2.32. The van der Waals surface area contributed by atoms with Crippen molar-refractivity contribution < 1.29 is 19.1 Å². The summed E-state index contributed by atoms with van der Waals surface area (Å²) in [4.78, 5) is 29.5. The number of carbonyl (C=O) groups excluding carboxylic acids is 2. The lowest BCUT2D eigenvalue weighted by Crippen LogP contribution is -2.44. The molecular weight excluding hydrogens is 296 g/mol. The third-order valence-electron chi connectivity index (χ3n) is 3.48. The second-order valence-corrected chi connectivity index (χ2v) is 5.21. The van der Waals surface area contributed by atoms with Gasteiger partial charge in [0.25, 0.3) is 5.91 Å². The summed E-state index contributed by atoms with van der Waals surface area (Å²) in [7, 11) is 0. The van der Waals surface area contributed by atoms with Crippen molar-refractivity contribution in [2.24, 2.45) is 0 Å². The second kappa shape index (κ2) is 6.08. The lowest BCUT2D eigenvalue weighted by atomic mass is 10.1. The number of benzene rings is 1. The SMILES string of the molecule is CC(=O)Oc1ccccc1CN1C(=O)C(C)Oc2cccnc21. The normalized spacial score (nSPS) is 16.5. The van der Waals surface area contributed by atoms with Crippen LogP contribution in [0.3, 0.4) is 0 Å². The summed E-state index contributed by atoms with van der Waals surface area (Å²) >= 11 is 0. The highest BCUT2D eigenvalue weighted by Crippen LogP contribution is 2.33. The van der Waals surface area contributed by atoms with Gasteiger partial charge in [0.15, 0.2) is 17.7 Å². The Bertz CT molecular complexity index is 760. The molecule has 23 heavy (non-hydrogen) atoms. The molecular formula is C17H16N2O4. The zero-order valence-corrected chi connectivity index (χ0v) is 12.9. The quantitative estimate of drug-likeness (QED) is 0.642. The van der Waals surface area contributed by atoms with Crippen molar-refractivity contribution in [2.75, 3.05) is 4.90 Å². The molecule has 0 fully saturated rings. The standard InChI is InChI=1S/C17H16N2O4/c1-11-17(21)19(16-15(22-11)8-5-9-18-16)10-13-6-3-4-7-14(13)23-12(2)20/h3-9,11H,10H2,1-2H3. The van der Waals surface area contributed by atoms with Gasteiger partial charge in [-0.25, -0.2) is 4.98 Å². The number of fused-ring (bicyclic) bond motifs is 1. The molecule has 6 nitrogen and oxygen atoms in total. The maximum absolute atomic E-state index is 12.5. The van der Waals surface area contributed by atoms with Crippen LogP contribution in [-0.2, 0) is 16.1 Å². The molecule has 3 rings (SSSR count). The lowest BCUT2D eigenvalue weighted by Gasteiger charge is -2.32. The fourth-order valence-corrected chi connectivity index (χ4v) is 2.45. The number of anilines is 1. The Morgan fingerprint density at radius 3 is 2.87 bits per heavy atom. The molecule has 0 saturated heterocycles. The zero-order valence-electron chi connectivity index (χ0n) is 12.9. The first-order valence-electron chi connectivity index (χ1n) is 7.25. The van der Waals surface area contributed by atoms with Crippen molar-refractivity contribution in [2.45, 2.75) is 26.5 Å². The van der Waals surface area contributed by atoms with Gasteiger partial charge in [0, 0.05) is 18.7 Å². The first-order valence-corrected chi connectivity index (χ1v) is 7.25. The number of hydrogen-bond acceptors (Lipinski definition) is 5. The number of esters is 1. The average Bonchev–Trinajstić information content (AvgIpc) is 2.53. The highest BCUT2D eigenvalue weighted by Gasteiger charge is 2.32. The van der Waals surface area contributed by atoms with Crippen molar-refractivity contribution in [1.29, 1.82) is 0 Å². The number of rotatable bonds is 3. The Hall–Kier alpha value is -2.89. The van der Waals surface area contributed by atoms with Gasteiger partial charge in [-0.2, -0.15) is 0 Å². The lowest BCUT2D eigenvalue weighted by molar-refractivity contribution is -0.131. The number of aromatic nitrogens is 1. The van der Waals surface area contributed by atoms with Crippen molar-refractivity contribution in [3.05, 3.63) is 48.2 Å². The number of amides is 1. The number of hydrogen-bond donors (Lipinski definition) is 0. The number of carbonyl (C=O) groups is 2. The van der Waals surface area contributed by atoms with Crippen LogP contribution in [0.4, 0.5) is 5.82 Å². The van der Waals surface area contributed by atoms with Crippen LogP contribution in [0, 0.1) is 0 Å². The van der Waals surface area contributed by atoms with E-state index in [1.165, 1.54) is 6.92 Å². The number of ether oxygens (including phenoxy) is 2. The summed E-state index contributed by atoms with van der Waals surface area (Å²) in [5.74, 6) is 0.869. The third kappa shape index (κ3) is 3.01. The van der Waals surface area contributed by atoms with Crippen molar-refractivity contribution >= 4 is 17.7 Å². The van der Waals surface area contributed by atoms with Crippen LogP contribution >= 0.6 is 0 Å². The van der Waals surface area contributed by atoms with Gasteiger partial charge in [-0.15, -0.1) is 0 Å². The highest BCUT2D eigenvalue weighted by atomic mass is 16.5. The fraction of sp³-hybridized carbons (Fsp3) is 0.235. The molecule has 1 aromatic heterocycles. The van der Waals surface area contributed by atoms with Crippen molar-refractivity contribution in [3.63, 3.8) is 0 Å². The van der Waals surface area contributed by atoms with Crippen LogP contribution in [0.2, 0.25) is 0 Å². The van der Waals surface area contributed by atoms with E-state index in [1.807, 2.05) is 12.1 Å². The first kappa shape index (κ1) is 15.0. The van der Waals surface area contributed by atoms with Gasteiger partial charge in [0.2, 0.25) is 0 Å². The molecule has 118 valence electrons. The average molecular weight is 312 g/mol. The maximum Gasteiger partial charge on any atom is 0.308 e. The second-order valence-electron chi connectivity index (χ2n) is 5.21. The molecule has 1 aliphatic heterocycles. The Labute approximate surface area is 133 Å². The third-order valence-corrected chi connectivity index (χ3v) is 3.48. The molecule has 2 heterocycles. The minimum atomic E-state index is -0.590. The Morgan fingerprint density at radius 1 is 1.30 bits per heavy atom. The van der Waals surface area contributed by atoms with E-state index in [0.29, 0.717) is 17.3 Å². The van der Waals surface area contributed by atoms with E-state index in [2.05, 4.69) is 4.98 Å². The smallest absolute Gasteiger partial charge is 0.308 e. The minimum Gasteiger partial charge on any atom is -0.477 e. The topological polar surface area (TPSA) is 68.7 Å². The van der Waals surface area contributed by atoms with Crippen LogP contribution in [0.15, 0.2) is 42.6 Å². The van der Waals surface area contributed by atoms with Crippen LogP contribution < -0.4 is 14.4 Å². The molecule has 0 bridgehead atoms. The van der Waals surface area contributed by atoms with E-state index < -0.39 is 12.1 Å². The van der Waals surface area contributed by atoms with E-state index in [0.717, 1.165) is 5.56 Å². The van der Waals surface area contributed by atoms with Crippen molar-refractivity contribution in [3.8, 4) is 11.5 Å². The van der Waals surface area contributed by atoms with Crippen LogP contribution in [0.25, 0.3) is 0 Å².